The summed E-state index contributed by atoms with van der Waals surface area (Å²) in [5.74, 6) is 0.306. The summed E-state index contributed by atoms with van der Waals surface area (Å²) in [6.07, 6.45) is 3.07. The molecule has 0 aliphatic rings. The maximum atomic E-state index is 11.6. The second kappa shape index (κ2) is 3.63. The molecule has 4 heteroatoms. The average molecular weight is 237 g/mol. The van der Waals surface area contributed by atoms with E-state index in [-0.39, 0.29) is 0 Å². The van der Waals surface area contributed by atoms with Crippen LogP contribution in [0.2, 0.25) is 0 Å². The molecular weight excluding hydrogens is 222 g/mol. The lowest BCUT2D eigenvalue weighted by Crippen LogP contribution is -1.99. The van der Waals surface area contributed by atoms with Crippen LogP contribution in [0, 0.1) is 0 Å². The number of fused-ring (bicyclic) bond motifs is 1. The largest absolute Gasteiger partial charge is 0.361 e. The van der Waals surface area contributed by atoms with Crippen LogP contribution in [0.3, 0.4) is 0 Å². The molecule has 0 radical (unpaired) electrons. The standard InChI is InChI=1S/C12H15NO2S/c1-8(2)11-6-9(16(3,14)15)7-12-10(11)4-5-13-12/h4-8,13H,1-3H3. The summed E-state index contributed by atoms with van der Waals surface area (Å²) in [6, 6.07) is 5.45. The number of rotatable bonds is 2. The molecule has 1 N–H and O–H groups in total. The monoisotopic (exact) mass is 237 g/mol. The average Bonchev–Trinajstić information content (AvgIpc) is 2.61. The lowest BCUT2D eigenvalue weighted by atomic mass is 9.99. The van der Waals surface area contributed by atoms with Gasteiger partial charge in [-0.1, -0.05) is 13.8 Å². The van der Waals surface area contributed by atoms with Crippen molar-refractivity contribution in [3.63, 3.8) is 0 Å². The Kier molecular flexibility index (Phi) is 2.54. The quantitative estimate of drug-likeness (QED) is 0.873. The maximum absolute atomic E-state index is 11.6. The van der Waals surface area contributed by atoms with Crippen molar-refractivity contribution in [1.29, 1.82) is 0 Å². The molecule has 2 aromatic rings. The molecule has 0 aliphatic carbocycles. The van der Waals surface area contributed by atoms with Crippen LogP contribution in [-0.4, -0.2) is 19.7 Å². The Bertz CT molecular complexity index is 624. The highest BCUT2D eigenvalue weighted by Gasteiger charge is 2.13. The first-order valence-corrected chi connectivity index (χ1v) is 7.10. The molecule has 0 aliphatic heterocycles. The van der Waals surface area contributed by atoms with E-state index >= 15 is 0 Å². The van der Waals surface area contributed by atoms with Crippen molar-refractivity contribution in [2.75, 3.05) is 6.26 Å². The third kappa shape index (κ3) is 1.85. The summed E-state index contributed by atoms with van der Waals surface area (Å²) < 4.78 is 23.1. The highest BCUT2D eigenvalue weighted by atomic mass is 32.2. The number of hydrogen-bond acceptors (Lipinski definition) is 2. The van der Waals surface area contributed by atoms with Crippen molar-refractivity contribution in [1.82, 2.24) is 4.98 Å². The molecule has 86 valence electrons. The molecule has 0 saturated carbocycles. The summed E-state index contributed by atoms with van der Waals surface area (Å²) in [5, 5.41) is 1.10. The Morgan fingerprint density at radius 3 is 2.50 bits per heavy atom. The summed E-state index contributed by atoms with van der Waals surface area (Å²) in [7, 11) is -3.15. The zero-order valence-electron chi connectivity index (χ0n) is 9.61. The van der Waals surface area contributed by atoms with E-state index in [0.717, 1.165) is 16.5 Å². The van der Waals surface area contributed by atoms with Gasteiger partial charge >= 0.3 is 0 Å². The van der Waals surface area contributed by atoms with Gasteiger partial charge in [0.1, 0.15) is 0 Å². The molecule has 0 amide bonds. The molecule has 2 rings (SSSR count). The van der Waals surface area contributed by atoms with Gasteiger partial charge in [-0.05, 0) is 29.7 Å². The smallest absolute Gasteiger partial charge is 0.175 e. The predicted octanol–water partition coefficient (Wildman–Crippen LogP) is 2.69. The van der Waals surface area contributed by atoms with Gasteiger partial charge in [-0.2, -0.15) is 0 Å². The van der Waals surface area contributed by atoms with Gasteiger partial charge < -0.3 is 4.98 Å². The van der Waals surface area contributed by atoms with Gasteiger partial charge in [-0.3, -0.25) is 0 Å². The number of benzene rings is 1. The number of aromatic nitrogens is 1. The van der Waals surface area contributed by atoms with Crippen LogP contribution < -0.4 is 0 Å². The molecule has 0 unspecified atom stereocenters. The van der Waals surface area contributed by atoms with Gasteiger partial charge in [-0.15, -0.1) is 0 Å². The van der Waals surface area contributed by atoms with E-state index in [1.54, 1.807) is 12.1 Å². The Balaban J connectivity index is 2.82. The summed E-state index contributed by atoms with van der Waals surface area (Å²) in [6.45, 7) is 4.13. The number of hydrogen-bond donors (Lipinski definition) is 1. The van der Waals surface area contributed by atoms with Crippen LogP contribution in [0.25, 0.3) is 10.9 Å². The summed E-state index contributed by atoms with van der Waals surface area (Å²) in [5.41, 5.74) is 1.95. The van der Waals surface area contributed by atoms with Gasteiger partial charge in [0.15, 0.2) is 9.84 Å². The molecule has 0 atom stereocenters. The van der Waals surface area contributed by atoms with Crippen LogP contribution in [0.1, 0.15) is 25.3 Å². The number of nitrogens with one attached hydrogen (secondary N) is 1. The molecule has 1 aromatic heterocycles. The van der Waals surface area contributed by atoms with E-state index in [9.17, 15) is 8.42 Å². The number of aromatic amines is 1. The number of H-pyrrole nitrogens is 1. The molecule has 0 spiro atoms. The van der Waals surface area contributed by atoms with Gasteiger partial charge in [0.05, 0.1) is 4.90 Å². The molecule has 16 heavy (non-hydrogen) atoms. The third-order valence-corrected chi connectivity index (χ3v) is 3.82. The van der Waals surface area contributed by atoms with Crippen LogP contribution in [0.5, 0.6) is 0 Å². The highest BCUT2D eigenvalue weighted by molar-refractivity contribution is 7.90. The molecule has 3 nitrogen and oxygen atoms in total. The lowest BCUT2D eigenvalue weighted by Gasteiger charge is -2.09. The van der Waals surface area contributed by atoms with Gasteiger partial charge in [-0.25, -0.2) is 8.42 Å². The van der Waals surface area contributed by atoms with E-state index < -0.39 is 9.84 Å². The molecule has 0 fully saturated rings. The predicted molar refractivity (Wildman–Crippen MR) is 65.5 cm³/mol. The van der Waals surface area contributed by atoms with Crippen LogP contribution in [-0.2, 0) is 9.84 Å². The highest BCUT2D eigenvalue weighted by Crippen LogP contribution is 2.28. The Labute approximate surface area is 95.4 Å². The Morgan fingerprint density at radius 2 is 1.94 bits per heavy atom. The Hall–Kier alpha value is -1.29. The lowest BCUT2D eigenvalue weighted by molar-refractivity contribution is 0.602. The zero-order valence-corrected chi connectivity index (χ0v) is 10.4. The van der Waals surface area contributed by atoms with Crippen LogP contribution >= 0.6 is 0 Å². The van der Waals surface area contributed by atoms with Crippen molar-refractivity contribution in [3.05, 3.63) is 30.0 Å². The summed E-state index contributed by atoms with van der Waals surface area (Å²) >= 11 is 0. The van der Waals surface area contributed by atoms with E-state index in [1.807, 2.05) is 12.3 Å². The second-order valence-electron chi connectivity index (χ2n) is 4.38. The van der Waals surface area contributed by atoms with E-state index in [4.69, 9.17) is 0 Å². The normalized spacial score (nSPS) is 12.5. The molecule has 0 bridgehead atoms. The van der Waals surface area contributed by atoms with Gasteiger partial charge in [0, 0.05) is 23.4 Å². The van der Waals surface area contributed by atoms with E-state index in [1.165, 1.54) is 6.26 Å². The Morgan fingerprint density at radius 1 is 1.25 bits per heavy atom. The van der Waals surface area contributed by atoms with Crippen molar-refractivity contribution < 1.29 is 8.42 Å². The minimum absolute atomic E-state index is 0.306. The second-order valence-corrected chi connectivity index (χ2v) is 6.39. The first-order valence-electron chi connectivity index (χ1n) is 5.20. The fraction of sp³-hybridized carbons (Fsp3) is 0.333. The first kappa shape index (κ1) is 11.2. The van der Waals surface area contributed by atoms with Gasteiger partial charge in [0.2, 0.25) is 0 Å². The third-order valence-electron chi connectivity index (χ3n) is 2.72. The van der Waals surface area contributed by atoms with Crippen LogP contribution in [0.15, 0.2) is 29.3 Å². The van der Waals surface area contributed by atoms with Crippen molar-refractivity contribution in [2.45, 2.75) is 24.7 Å². The van der Waals surface area contributed by atoms with E-state index in [0.29, 0.717) is 10.8 Å². The van der Waals surface area contributed by atoms with Crippen LogP contribution in [0.4, 0.5) is 0 Å². The fourth-order valence-electron chi connectivity index (χ4n) is 1.86. The van der Waals surface area contributed by atoms with Crippen molar-refractivity contribution in [3.8, 4) is 0 Å². The maximum Gasteiger partial charge on any atom is 0.175 e. The minimum atomic E-state index is -3.15. The SMILES string of the molecule is CC(C)c1cc(S(C)(=O)=O)cc2[nH]ccc12. The fourth-order valence-corrected chi connectivity index (χ4v) is 2.53. The molecule has 1 heterocycles. The molecule has 0 saturated heterocycles. The van der Waals surface area contributed by atoms with Crippen molar-refractivity contribution in [2.24, 2.45) is 0 Å². The van der Waals surface area contributed by atoms with Gasteiger partial charge in [0.25, 0.3) is 0 Å². The molecular formula is C12H15NO2S. The minimum Gasteiger partial charge on any atom is -0.361 e. The van der Waals surface area contributed by atoms with Crippen molar-refractivity contribution >= 4 is 20.7 Å². The molecule has 1 aromatic carbocycles. The first-order chi connectivity index (χ1) is 7.39. The number of sulfone groups is 1. The summed E-state index contributed by atoms with van der Waals surface area (Å²) in [4.78, 5) is 3.44. The zero-order chi connectivity index (χ0) is 11.9. The topological polar surface area (TPSA) is 49.9 Å². The van der Waals surface area contributed by atoms with E-state index in [2.05, 4.69) is 18.8 Å².